The molecule has 1 aliphatic rings. The van der Waals surface area contributed by atoms with Gasteiger partial charge in [-0.3, -0.25) is 0 Å². The predicted molar refractivity (Wildman–Crippen MR) is 79.0 cm³/mol. The number of ether oxygens (including phenoxy) is 1. The van der Waals surface area contributed by atoms with Gasteiger partial charge in [-0.2, -0.15) is 0 Å². The zero-order chi connectivity index (χ0) is 15.2. The number of hydrogen-bond donors (Lipinski definition) is 3. The molecule has 114 valence electrons. The van der Waals surface area contributed by atoms with Crippen LogP contribution < -0.4 is 10.6 Å². The number of aromatic carboxylic acids is 1. The van der Waals surface area contributed by atoms with Crippen molar-refractivity contribution in [1.29, 1.82) is 0 Å². The minimum atomic E-state index is -1.14. The van der Waals surface area contributed by atoms with Gasteiger partial charge < -0.3 is 20.5 Å². The van der Waals surface area contributed by atoms with Crippen molar-refractivity contribution in [3.05, 3.63) is 28.8 Å². The Morgan fingerprint density at radius 3 is 2.90 bits per heavy atom. The molecule has 21 heavy (non-hydrogen) atoms. The average Bonchev–Trinajstić information content (AvgIpc) is 2.94. The van der Waals surface area contributed by atoms with E-state index >= 15 is 0 Å². The number of carbonyl (C=O) groups excluding carboxylic acids is 1. The number of amides is 2. The van der Waals surface area contributed by atoms with Gasteiger partial charge in [0.15, 0.2) is 0 Å². The highest BCUT2D eigenvalue weighted by Gasteiger charge is 2.15. The molecule has 1 atom stereocenters. The summed E-state index contributed by atoms with van der Waals surface area (Å²) >= 11 is 5.76. The second-order valence-corrected chi connectivity index (χ2v) is 5.21. The molecular weight excluding hydrogens is 296 g/mol. The monoisotopic (exact) mass is 312 g/mol. The van der Waals surface area contributed by atoms with E-state index < -0.39 is 5.97 Å². The Morgan fingerprint density at radius 1 is 1.43 bits per heavy atom. The minimum absolute atomic E-state index is 0.0474. The van der Waals surface area contributed by atoms with E-state index in [2.05, 4.69) is 10.6 Å². The van der Waals surface area contributed by atoms with Gasteiger partial charge in [0.2, 0.25) is 0 Å². The van der Waals surface area contributed by atoms with Gasteiger partial charge in [-0.15, -0.1) is 0 Å². The molecule has 2 rings (SSSR count). The van der Waals surface area contributed by atoms with Gasteiger partial charge >= 0.3 is 12.0 Å². The third-order valence-electron chi connectivity index (χ3n) is 3.23. The first-order valence-corrected chi connectivity index (χ1v) is 7.13. The first-order chi connectivity index (χ1) is 10.1. The Kier molecular flexibility index (Phi) is 5.41. The largest absolute Gasteiger partial charge is 0.478 e. The van der Waals surface area contributed by atoms with Crippen LogP contribution in [0.5, 0.6) is 0 Å². The van der Waals surface area contributed by atoms with Crippen LogP contribution in [0.25, 0.3) is 0 Å². The number of urea groups is 1. The zero-order valence-corrected chi connectivity index (χ0v) is 12.2. The number of carboxylic acids is 1. The molecule has 1 fully saturated rings. The van der Waals surface area contributed by atoms with Crippen LogP contribution in [0.3, 0.4) is 0 Å². The van der Waals surface area contributed by atoms with E-state index in [0.29, 0.717) is 12.2 Å². The SMILES string of the molecule is O=C(NCCC1CCCO1)Nc1ccc(Cl)c(C(=O)O)c1. The molecule has 6 nitrogen and oxygen atoms in total. The van der Waals surface area contributed by atoms with Crippen molar-refractivity contribution >= 4 is 29.3 Å². The minimum Gasteiger partial charge on any atom is -0.478 e. The summed E-state index contributed by atoms with van der Waals surface area (Å²) in [6, 6.07) is 3.93. The summed E-state index contributed by atoms with van der Waals surface area (Å²) < 4.78 is 5.46. The molecule has 0 bridgehead atoms. The molecule has 2 amide bonds. The number of benzene rings is 1. The van der Waals surface area contributed by atoms with Crippen molar-refractivity contribution in [2.75, 3.05) is 18.5 Å². The Bertz CT molecular complexity index is 530. The van der Waals surface area contributed by atoms with Crippen molar-refractivity contribution < 1.29 is 19.4 Å². The summed E-state index contributed by atoms with van der Waals surface area (Å²) in [6.45, 7) is 1.30. The van der Waals surface area contributed by atoms with Gasteiger partial charge in [-0.05, 0) is 37.5 Å². The smallest absolute Gasteiger partial charge is 0.337 e. The van der Waals surface area contributed by atoms with Crippen LogP contribution in [-0.2, 0) is 4.74 Å². The molecule has 1 aliphatic heterocycles. The second-order valence-electron chi connectivity index (χ2n) is 4.80. The highest BCUT2D eigenvalue weighted by atomic mass is 35.5. The van der Waals surface area contributed by atoms with Crippen molar-refractivity contribution in [2.45, 2.75) is 25.4 Å². The van der Waals surface area contributed by atoms with E-state index in [1.54, 1.807) is 6.07 Å². The number of hydrogen-bond acceptors (Lipinski definition) is 3. The van der Waals surface area contributed by atoms with Crippen LogP contribution in [0.4, 0.5) is 10.5 Å². The molecule has 1 aromatic carbocycles. The van der Waals surface area contributed by atoms with Crippen LogP contribution in [0.15, 0.2) is 18.2 Å². The first kappa shape index (κ1) is 15.6. The van der Waals surface area contributed by atoms with Gasteiger partial charge in [-0.25, -0.2) is 9.59 Å². The number of halogens is 1. The molecule has 3 N–H and O–H groups in total. The van der Waals surface area contributed by atoms with E-state index in [4.69, 9.17) is 21.4 Å². The van der Waals surface area contributed by atoms with Gasteiger partial charge in [-0.1, -0.05) is 11.6 Å². The van der Waals surface area contributed by atoms with Crippen LogP contribution in [0, 0.1) is 0 Å². The quantitative estimate of drug-likeness (QED) is 0.780. The summed E-state index contributed by atoms with van der Waals surface area (Å²) in [6.07, 6.45) is 3.09. The summed E-state index contributed by atoms with van der Waals surface area (Å²) in [4.78, 5) is 22.7. The van der Waals surface area contributed by atoms with Crippen molar-refractivity contribution in [3.8, 4) is 0 Å². The highest BCUT2D eigenvalue weighted by molar-refractivity contribution is 6.33. The summed E-state index contributed by atoms with van der Waals surface area (Å²) in [5, 5.41) is 14.4. The molecule has 0 saturated carbocycles. The fraction of sp³-hybridized carbons (Fsp3) is 0.429. The Balaban J connectivity index is 1.81. The molecule has 1 aromatic rings. The van der Waals surface area contributed by atoms with Gasteiger partial charge in [0, 0.05) is 18.8 Å². The summed E-state index contributed by atoms with van der Waals surface area (Å²) in [7, 11) is 0. The summed E-state index contributed by atoms with van der Waals surface area (Å²) in [5.74, 6) is -1.14. The molecule has 0 spiro atoms. The lowest BCUT2D eigenvalue weighted by atomic mass is 10.2. The molecule has 0 radical (unpaired) electrons. The number of nitrogens with one attached hydrogen (secondary N) is 2. The van der Waals surface area contributed by atoms with E-state index in [1.807, 2.05) is 0 Å². The Labute approximate surface area is 127 Å². The standard InChI is InChI=1S/C14H17ClN2O4/c15-12-4-3-9(8-11(12)13(18)19)17-14(20)16-6-5-10-2-1-7-21-10/h3-4,8,10H,1-2,5-7H2,(H,18,19)(H2,16,17,20). The van der Waals surface area contributed by atoms with E-state index in [1.165, 1.54) is 12.1 Å². The van der Waals surface area contributed by atoms with Crippen LogP contribution in [0.1, 0.15) is 29.6 Å². The maximum atomic E-state index is 11.7. The number of anilines is 1. The maximum absolute atomic E-state index is 11.7. The lowest BCUT2D eigenvalue weighted by Gasteiger charge is -2.11. The topological polar surface area (TPSA) is 87.7 Å². The molecule has 0 aliphatic carbocycles. The predicted octanol–water partition coefficient (Wildman–Crippen LogP) is 2.73. The normalized spacial score (nSPS) is 17.5. The van der Waals surface area contributed by atoms with Gasteiger partial charge in [0.05, 0.1) is 16.7 Å². The van der Waals surface area contributed by atoms with Crippen molar-refractivity contribution in [3.63, 3.8) is 0 Å². The molecular formula is C14H17ClN2O4. The average molecular weight is 313 g/mol. The van der Waals surface area contributed by atoms with Crippen LogP contribution in [-0.4, -0.2) is 36.4 Å². The Hall–Kier alpha value is -1.79. The van der Waals surface area contributed by atoms with Crippen LogP contribution >= 0.6 is 11.6 Å². The fourth-order valence-electron chi connectivity index (χ4n) is 2.16. The van der Waals surface area contributed by atoms with E-state index in [-0.39, 0.29) is 22.7 Å². The van der Waals surface area contributed by atoms with Crippen molar-refractivity contribution in [2.24, 2.45) is 0 Å². The number of carbonyl (C=O) groups is 2. The lowest BCUT2D eigenvalue weighted by Crippen LogP contribution is -2.31. The Morgan fingerprint density at radius 2 is 2.24 bits per heavy atom. The lowest BCUT2D eigenvalue weighted by molar-refractivity contribution is 0.0697. The molecule has 7 heteroatoms. The second kappa shape index (κ2) is 7.28. The zero-order valence-electron chi connectivity index (χ0n) is 11.4. The highest BCUT2D eigenvalue weighted by Crippen LogP contribution is 2.20. The number of carboxylic acid groups (broad SMARTS) is 1. The maximum Gasteiger partial charge on any atom is 0.337 e. The third-order valence-corrected chi connectivity index (χ3v) is 3.56. The third kappa shape index (κ3) is 4.61. The van der Waals surface area contributed by atoms with Gasteiger partial charge in [0.1, 0.15) is 0 Å². The fourth-order valence-corrected chi connectivity index (χ4v) is 2.36. The van der Waals surface area contributed by atoms with Crippen molar-refractivity contribution in [1.82, 2.24) is 5.32 Å². The van der Waals surface area contributed by atoms with Crippen LogP contribution in [0.2, 0.25) is 5.02 Å². The molecule has 0 aromatic heterocycles. The van der Waals surface area contributed by atoms with Gasteiger partial charge in [0.25, 0.3) is 0 Å². The summed E-state index contributed by atoms with van der Waals surface area (Å²) in [5.41, 5.74) is 0.334. The molecule has 1 saturated heterocycles. The molecule has 1 unspecified atom stereocenters. The number of rotatable bonds is 5. The molecule has 1 heterocycles. The first-order valence-electron chi connectivity index (χ1n) is 6.75. The van der Waals surface area contributed by atoms with E-state index in [9.17, 15) is 9.59 Å². The van der Waals surface area contributed by atoms with E-state index in [0.717, 1.165) is 25.9 Å².